The molecule has 0 fully saturated rings. The predicted octanol–water partition coefficient (Wildman–Crippen LogP) is 1.58. The minimum Gasteiger partial charge on any atom is -0.366 e. The SMILES string of the molecule is C=C/C=C/Cl.C=CC(N)=O. The summed E-state index contributed by atoms with van der Waals surface area (Å²) in [5.41, 5.74) is 5.94. The van der Waals surface area contributed by atoms with Crippen molar-refractivity contribution in [2.45, 2.75) is 0 Å². The number of hydrogen-bond acceptors (Lipinski definition) is 1. The summed E-state index contributed by atoms with van der Waals surface area (Å²) in [5, 5.41) is 0. The third-order valence-corrected chi connectivity index (χ3v) is 0.555. The predicted molar refractivity (Wildman–Crippen MR) is 44.6 cm³/mol. The zero-order chi connectivity index (χ0) is 8.41. The molecule has 0 unspecified atom stereocenters. The Bertz CT molecular complexity index is 141. The Morgan fingerprint density at radius 2 is 1.90 bits per heavy atom. The number of amides is 1. The van der Waals surface area contributed by atoms with Gasteiger partial charge in [-0.05, 0) is 6.08 Å². The van der Waals surface area contributed by atoms with E-state index in [1.807, 2.05) is 0 Å². The van der Waals surface area contributed by atoms with Crippen LogP contribution in [-0.4, -0.2) is 5.91 Å². The zero-order valence-electron chi connectivity index (χ0n) is 5.59. The highest BCUT2D eigenvalue weighted by atomic mass is 35.5. The summed E-state index contributed by atoms with van der Waals surface area (Å²) in [6.45, 7) is 6.46. The number of nitrogens with two attached hydrogens (primary N) is 1. The molecule has 1 amide bonds. The van der Waals surface area contributed by atoms with E-state index in [0.717, 1.165) is 6.08 Å². The van der Waals surface area contributed by atoms with Crippen LogP contribution in [-0.2, 0) is 4.79 Å². The third kappa shape index (κ3) is 28.1. The van der Waals surface area contributed by atoms with E-state index < -0.39 is 5.91 Å². The van der Waals surface area contributed by atoms with Crippen LogP contribution in [0.5, 0.6) is 0 Å². The van der Waals surface area contributed by atoms with Gasteiger partial charge < -0.3 is 5.73 Å². The number of primary amides is 1. The molecule has 0 saturated carbocycles. The first kappa shape index (κ1) is 11.7. The first-order valence-corrected chi connectivity index (χ1v) is 2.92. The van der Waals surface area contributed by atoms with Gasteiger partial charge in [-0.3, -0.25) is 4.79 Å². The number of allylic oxidation sites excluding steroid dienone is 2. The summed E-state index contributed by atoms with van der Waals surface area (Å²) in [5.74, 6) is -0.481. The van der Waals surface area contributed by atoms with Crippen molar-refractivity contribution in [3.63, 3.8) is 0 Å². The molecule has 0 aliphatic heterocycles. The fraction of sp³-hybridized carbons (Fsp3) is 0. The summed E-state index contributed by atoms with van der Waals surface area (Å²) in [6.07, 6.45) is 4.33. The second-order valence-corrected chi connectivity index (χ2v) is 1.41. The van der Waals surface area contributed by atoms with E-state index in [1.165, 1.54) is 5.54 Å². The maximum Gasteiger partial charge on any atom is 0.240 e. The van der Waals surface area contributed by atoms with E-state index in [9.17, 15) is 4.79 Å². The van der Waals surface area contributed by atoms with Crippen molar-refractivity contribution in [2.24, 2.45) is 5.73 Å². The highest BCUT2D eigenvalue weighted by molar-refractivity contribution is 6.25. The highest BCUT2D eigenvalue weighted by Crippen LogP contribution is 1.74. The van der Waals surface area contributed by atoms with Crippen molar-refractivity contribution in [2.75, 3.05) is 0 Å². The average molecular weight is 160 g/mol. The molecule has 0 radical (unpaired) electrons. The highest BCUT2D eigenvalue weighted by Gasteiger charge is 1.69. The van der Waals surface area contributed by atoms with E-state index >= 15 is 0 Å². The van der Waals surface area contributed by atoms with Gasteiger partial charge in [0.05, 0.1) is 0 Å². The molecule has 0 aromatic heterocycles. The van der Waals surface area contributed by atoms with Gasteiger partial charge in [-0.1, -0.05) is 36.9 Å². The second-order valence-electron chi connectivity index (χ2n) is 1.16. The number of halogens is 1. The van der Waals surface area contributed by atoms with Gasteiger partial charge in [0.15, 0.2) is 0 Å². The van der Waals surface area contributed by atoms with Crippen molar-refractivity contribution in [1.82, 2.24) is 0 Å². The largest absolute Gasteiger partial charge is 0.366 e. The maximum absolute atomic E-state index is 9.47. The van der Waals surface area contributed by atoms with Crippen LogP contribution in [0, 0.1) is 0 Å². The number of rotatable bonds is 2. The van der Waals surface area contributed by atoms with Crippen LogP contribution in [0.15, 0.2) is 36.9 Å². The number of hydrogen-bond donors (Lipinski definition) is 1. The van der Waals surface area contributed by atoms with Crippen LogP contribution in [0.25, 0.3) is 0 Å². The zero-order valence-corrected chi connectivity index (χ0v) is 6.34. The van der Waals surface area contributed by atoms with Gasteiger partial charge in [0.2, 0.25) is 5.91 Å². The van der Waals surface area contributed by atoms with Gasteiger partial charge in [0.1, 0.15) is 0 Å². The summed E-state index contributed by atoms with van der Waals surface area (Å²) < 4.78 is 0. The van der Waals surface area contributed by atoms with E-state index in [-0.39, 0.29) is 0 Å². The molecule has 0 aromatic carbocycles. The minimum absolute atomic E-state index is 0.481. The first-order valence-electron chi connectivity index (χ1n) is 2.48. The van der Waals surface area contributed by atoms with Crippen molar-refractivity contribution < 1.29 is 4.79 Å². The number of carbonyl (C=O) groups excluding carboxylic acids is 1. The molecule has 10 heavy (non-hydrogen) atoms. The summed E-state index contributed by atoms with van der Waals surface area (Å²) in [6, 6.07) is 0. The molecule has 0 spiro atoms. The van der Waals surface area contributed by atoms with Gasteiger partial charge in [0, 0.05) is 5.54 Å². The monoisotopic (exact) mass is 159 g/mol. The molecule has 0 aliphatic carbocycles. The van der Waals surface area contributed by atoms with Crippen molar-refractivity contribution >= 4 is 17.5 Å². The molecule has 0 aliphatic rings. The lowest BCUT2D eigenvalue weighted by atomic mass is 10.6. The van der Waals surface area contributed by atoms with E-state index in [4.69, 9.17) is 11.6 Å². The van der Waals surface area contributed by atoms with Crippen molar-refractivity contribution in [3.05, 3.63) is 36.9 Å². The van der Waals surface area contributed by atoms with Crippen molar-refractivity contribution in [1.29, 1.82) is 0 Å². The molecule has 2 nitrogen and oxygen atoms in total. The van der Waals surface area contributed by atoms with E-state index in [1.54, 1.807) is 12.2 Å². The molecule has 56 valence electrons. The van der Waals surface area contributed by atoms with Crippen LogP contribution in [0.4, 0.5) is 0 Å². The Morgan fingerprint density at radius 1 is 1.50 bits per heavy atom. The van der Waals surface area contributed by atoms with Crippen LogP contribution in [0.2, 0.25) is 0 Å². The Hall–Kier alpha value is -1.02. The lowest BCUT2D eigenvalue weighted by Gasteiger charge is -1.65. The first-order chi connectivity index (χ1) is 4.68. The molecule has 0 bridgehead atoms. The standard InChI is InChI=1S/C4H5Cl.C3H5NO/c1-2-3-4-5;1-2-3(4)5/h2-4H,1H2;2H,1H2,(H2,4,5)/b4-3+;. The molecular weight excluding hydrogens is 150 g/mol. The normalized spacial score (nSPS) is 7.70. The Balaban J connectivity index is 0. The van der Waals surface area contributed by atoms with Crippen LogP contribution in [0.3, 0.4) is 0 Å². The van der Waals surface area contributed by atoms with Gasteiger partial charge in [-0.25, -0.2) is 0 Å². The molecule has 3 heteroatoms. The Kier molecular flexibility index (Phi) is 12.8. The Labute approximate surface area is 65.7 Å². The van der Waals surface area contributed by atoms with E-state index in [0.29, 0.717) is 0 Å². The molecular formula is C7H10ClNO. The molecule has 2 N–H and O–H groups in total. The topological polar surface area (TPSA) is 43.1 Å². The van der Waals surface area contributed by atoms with Gasteiger partial charge >= 0.3 is 0 Å². The van der Waals surface area contributed by atoms with Crippen LogP contribution < -0.4 is 5.73 Å². The Morgan fingerprint density at radius 3 is 1.90 bits per heavy atom. The van der Waals surface area contributed by atoms with E-state index in [2.05, 4.69) is 18.9 Å². The fourth-order valence-electron chi connectivity index (χ4n) is 0.0514. The van der Waals surface area contributed by atoms with Gasteiger partial charge in [-0.15, -0.1) is 0 Å². The third-order valence-electron chi connectivity index (χ3n) is 0.410. The van der Waals surface area contributed by atoms with Crippen molar-refractivity contribution in [3.8, 4) is 0 Å². The quantitative estimate of drug-likeness (QED) is 0.483. The van der Waals surface area contributed by atoms with Crippen LogP contribution >= 0.6 is 11.6 Å². The molecule has 0 saturated heterocycles. The molecule has 0 rings (SSSR count). The average Bonchev–Trinajstić information content (AvgIpc) is 1.91. The van der Waals surface area contributed by atoms with Gasteiger partial charge in [0.25, 0.3) is 0 Å². The minimum atomic E-state index is -0.481. The van der Waals surface area contributed by atoms with Crippen LogP contribution in [0.1, 0.15) is 0 Å². The maximum atomic E-state index is 9.47. The lowest BCUT2D eigenvalue weighted by molar-refractivity contribution is -0.113. The number of carbonyl (C=O) groups is 1. The lowest BCUT2D eigenvalue weighted by Crippen LogP contribution is -2.04. The summed E-state index contributed by atoms with van der Waals surface area (Å²) in [7, 11) is 0. The van der Waals surface area contributed by atoms with Gasteiger partial charge in [-0.2, -0.15) is 0 Å². The fourth-order valence-corrected chi connectivity index (χ4v) is 0.154. The molecule has 0 atom stereocenters. The summed E-state index contributed by atoms with van der Waals surface area (Å²) >= 11 is 5.05. The molecule has 0 aromatic rings. The second kappa shape index (κ2) is 10.9. The summed E-state index contributed by atoms with van der Waals surface area (Å²) in [4.78, 5) is 9.47. The molecule has 0 heterocycles. The smallest absolute Gasteiger partial charge is 0.240 e.